The lowest BCUT2D eigenvalue weighted by Gasteiger charge is -2.28. The first-order chi connectivity index (χ1) is 9.52. The van der Waals surface area contributed by atoms with Crippen molar-refractivity contribution in [3.05, 3.63) is 29.8 Å². The third kappa shape index (κ3) is 3.76. The summed E-state index contributed by atoms with van der Waals surface area (Å²) in [7, 11) is 0. The molecule has 112 valence electrons. The van der Waals surface area contributed by atoms with Crippen molar-refractivity contribution < 1.29 is 0 Å². The maximum Gasteiger partial charge on any atom is 0.0404 e. The predicted octanol–water partition coefficient (Wildman–Crippen LogP) is 3.81. The molecule has 0 aliphatic carbocycles. The Balaban J connectivity index is 2.03. The minimum atomic E-state index is 0.217. The van der Waals surface area contributed by atoms with Gasteiger partial charge < -0.3 is 10.2 Å². The van der Waals surface area contributed by atoms with E-state index in [-0.39, 0.29) is 5.41 Å². The molecule has 1 fully saturated rings. The molecule has 1 N–H and O–H groups in total. The van der Waals surface area contributed by atoms with Gasteiger partial charge in [-0.15, -0.1) is 0 Å². The molecular formula is C18H30N2. The van der Waals surface area contributed by atoms with Crippen LogP contribution in [0.1, 0.15) is 46.1 Å². The summed E-state index contributed by atoms with van der Waals surface area (Å²) < 4.78 is 0. The van der Waals surface area contributed by atoms with Crippen LogP contribution in [0.25, 0.3) is 0 Å². The smallest absolute Gasteiger partial charge is 0.0404 e. The van der Waals surface area contributed by atoms with Gasteiger partial charge in [0.05, 0.1) is 0 Å². The molecule has 2 nitrogen and oxygen atoms in total. The van der Waals surface area contributed by atoms with Crippen molar-refractivity contribution in [2.45, 2.75) is 46.0 Å². The van der Waals surface area contributed by atoms with E-state index in [9.17, 15) is 0 Å². The van der Waals surface area contributed by atoms with Gasteiger partial charge in [-0.2, -0.15) is 0 Å². The largest absolute Gasteiger partial charge is 0.371 e. The minimum absolute atomic E-state index is 0.217. The van der Waals surface area contributed by atoms with Crippen molar-refractivity contribution >= 4 is 5.69 Å². The molecule has 0 amide bonds. The Bertz CT molecular complexity index is 420. The van der Waals surface area contributed by atoms with Gasteiger partial charge in [-0.3, -0.25) is 0 Å². The SMILES string of the molecule is CCCNCC1CCN(c2ccccc2C(C)(C)C)C1. The van der Waals surface area contributed by atoms with Crippen LogP contribution >= 0.6 is 0 Å². The lowest BCUT2D eigenvalue weighted by Crippen LogP contribution is -2.28. The summed E-state index contributed by atoms with van der Waals surface area (Å²) in [5, 5.41) is 3.57. The first-order valence-electron chi connectivity index (χ1n) is 8.07. The molecule has 1 aliphatic rings. The number of anilines is 1. The number of hydrogen-bond donors (Lipinski definition) is 1. The highest BCUT2D eigenvalue weighted by atomic mass is 15.2. The molecule has 0 radical (unpaired) electrons. The average Bonchev–Trinajstić information content (AvgIpc) is 2.87. The van der Waals surface area contributed by atoms with E-state index in [2.05, 4.69) is 62.2 Å². The van der Waals surface area contributed by atoms with Crippen molar-refractivity contribution in [3.8, 4) is 0 Å². The molecule has 0 spiro atoms. The zero-order valence-electron chi connectivity index (χ0n) is 13.6. The Kier molecular flexibility index (Phi) is 5.09. The van der Waals surface area contributed by atoms with Gasteiger partial charge in [0.25, 0.3) is 0 Å². The van der Waals surface area contributed by atoms with Crippen molar-refractivity contribution in [1.82, 2.24) is 5.32 Å². The predicted molar refractivity (Wildman–Crippen MR) is 88.6 cm³/mol. The van der Waals surface area contributed by atoms with Crippen LogP contribution in [0.3, 0.4) is 0 Å². The van der Waals surface area contributed by atoms with E-state index in [0.717, 1.165) is 12.5 Å². The molecule has 1 aromatic carbocycles. The molecular weight excluding hydrogens is 244 g/mol. The zero-order valence-corrected chi connectivity index (χ0v) is 13.6. The second kappa shape index (κ2) is 6.62. The summed E-state index contributed by atoms with van der Waals surface area (Å²) in [6.07, 6.45) is 2.54. The molecule has 1 atom stereocenters. The molecule has 20 heavy (non-hydrogen) atoms. The van der Waals surface area contributed by atoms with E-state index in [1.807, 2.05) is 0 Å². The summed E-state index contributed by atoms with van der Waals surface area (Å²) in [6.45, 7) is 13.9. The second-order valence-electron chi connectivity index (χ2n) is 7.07. The molecule has 0 bridgehead atoms. The molecule has 1 saturated heterocycles. The Morgan fingerprint density at radius 2 is 2.00 bits per heavy atom. The first kappa shape index (κ1) is 15.4. The van der Waals surface area contributed by atoms with Gasteiger partial charge in [-0.25, -0.2) is 0 Å². The fourth-order valence-electron chi connectivity index (χ4n) is 3.08. The number of nitrogens with one attached hydrogen (secondary N) is 1. The van der Waals surface area contributed by atoms with Gasteiger partial charge in [-0.05, 0) is 48.9 Å². The standard InChI is InChI=1S/C18H30N2/c1-5-11-19-13-15-10-12-20(14-15)17-9-7-6-8-16(17)18(2,3)4/h6-9,15,19H,5,10-14H2,1-4H3. The molecule has 1 aromatic rings. The lowest BCUT2D eigenvalue weighted by atomic mass is 9.85. The van der Waals surface area contributed by atoms with Gasteiger partial charge in [0.1, 0.15) is 0 Å². The summed E-state index contributed by atoms with van der Waals surface area (Å²) in [5.74, 6) is 0.801. The van der Waals surface area contributed by atoms with E-state index >= 15 is 0 Å². The van der Waals surface area contributed by atoms with Crippen molar-refractivity contribution in [1.29, 1.82) is 0 Å². The molecule has 0 saturated carbocycles. The van der Waals surface area contributed by atoms with Crippen LogP contribution in [-0.4, -0.2) is 26.2 Å². The van der Waals surface area contributed by atoms with Crippen LogP contribution in [0.5, 0.6) is 0 Å². The molecule has 2 heteroatoms. The zero-order chi connectivity index (χ0) is 14.6. The normalized spacial score (nSPS) is 19.6. The van der Waals surface area contributed by atoms with E-state index < -0.39 is 0 Å². The van der Waals surface area contributed by atoms with E-state index in [1.165, 1.54) is 43.7 Å². The van der Waals surface area contributed by atoms with Crippen LogP contribution in [0, 0.1) is 5.92 Å². The third-order valence-corrected chi connectivity index (χ3v) is 4.20. The number of nitrogens with zero attached hydrogens (tertiary/aromatic N) is 1. The van der Waals surface area contributed by atoms with Gasteiger partial charge >= 0.3 is 0 Å². The van der Waals surface area contributed by atoms with E-state index in [1.54, 1.807) is 0 Å². The van der Waals surface area contributed by atoms with Gasteiger partial charge in [0, 0.05) is 18.8 Å². The van der Waals surface area contributed by atoms with Gasteiger partial charge in [0.15, 0.2) is 0 Å². The number of benzene rings is 1. The van der Waals surface area contributed by atoms with E-state index in [4.69, 9.17) is 0 Å². The van der Waals surface area contributed by atoms with Crippen LogP contribution < -0.4 is 10.2 Å². The maximum absolute atomic E-state index is 3.57. The second-order valence-corrected chi connectivity index (χ2v) is 7.07. The van der Waals surface area contributed by atoms with Crippen molar-refractivity contribution in [3.63, 3.8) is 0 Å². The lowest BCUT2D eigenvalue weighted by molar-refractivity contribution is 0.516. The molecule has 0 aromatic heterocycles. The topological polar surface area (TPSA) is 15.3 Å². The highest BCUT2D eigenvalue weighted by molar-refractivity contribution is 5.57. The monoisotopic (exact) mass is 274 g/mol. The molecule has 1 heterocycles. The number of para-hydroxylation sites is 1. The summed E-state index contributed by atoms with van der Waals surface area (Å²) >= 11 is 0. The minimum Gasteiger partial charge on any atom is -0.371 e. The Morgan fingerprint density at radius 1 is 1.25 bits per heavy atom. The quantitative estimate of drug-likeness (QED) is 0.821. The summed E-state index contributed by atoms with van der Waals surface area (Å²) in [4.78, 5) is 2.58. The number of hydrogen-bond acceptors (Lipinski definition) is 2. The Morgan fingerprint density at radius 3 is 2.70 bits per heavy atom. The van der Waals surface area contributed by atoms with Crippen LogP contribution in [0.2, 0.25) is 0 Å². The van der Waals surface area contributed by atoms with Crippen molar-refractivity contribution in [2.24, 2.45) is 5.92 Å². The fourth-order valence-corrected chi connectivity index (χ4v) is 3.08. The number of rotatable bonds is 5. The van der Waals surface area contributed by atoms with Crippen LogP contribution in [-0.2, 0) is 5.41 Å². The third-order valence-electron chi connectivity index (χ3n) is 4.20. The van der Waals surface area contributed by atoms with Crippen molar-refractivity contribution in [2.75, 3.05) is 31.1 Å². The first-order valence-corrected chi connectivity index (χ1v) is 8.07. The fraction of sp³-hybridized carbons (Fsp3) is 0.667. The van der Waals surface area contributed by atoms with E-state index in [0.29, 0.717) is 0 Å². The maximum atomic E-state index is 3.57. The van der Waals surface area contributed by atoms with Gasteiger partial charge in [-0.1, -0.05) is 45.9 Å². The molecule has 1 unspecified atom stereocenters. The Labute approximate surface area is 124 Å². The Hall–Kier alpha value is -1.02. The van der Waals surface area contributed by atoms with Crippen LogP contribution in [0.4, 0.5) is 5.69 Å². The summed E-state index contributed by atoms with van der Waals surface area (Å²) in [5.41, 5.74) is 3.13. The van der Waals surface area contributed by atoms with Crippen LogP contribution in [0.15, 0.2) is 24.3 Å². The van der Waals surface area contributed by atoms with Gasteiger partial charge in [0.2, 0.25) is 0 Å². The highest BCUT2D eigenvalue weighted by Crippen LogP contribution is 2.34. The molecule has 1 aliphatic heterocycles. The highest BCUT2D eigenvalue weighted by Gasteiger charge is 2.26. The average molecular weight is 274 g/mol. The summed E-state index contributed by atoms with van der Waals surface area (Å²) in [6, 6.07) is 8.92. The molecule has 2 rings (SSSR count).